The van der Waals surface area contributed by atoms with E-state index in [-0.39, 0.29) is 11.9 Å². The Hall–Kier alpha value is -0.570. The molecule has 0 spiro atoms. The Kier molecular flexibility index (Phi) is 7.25. The molecule has 0 aliphatic carbocycles. The third-order valence-corrected chi connectivity index (χ3v) is 3.38. The van der Waals surface area contributed by atoms with Crippen molar-refractivity contribution in [1.82, 2.24) is 10.6 Å². The molecule has 1 amide bonds. The van der Waals surface area contributed by atoms with Crippen molar-refractivity contribution in [3.05, 3.63) is 0 Å². The molecule has 0 unspecified atom stereocenters. The molecule has 2 N–H and O–H groups in total. The zero-order valence-electron chi connectivity index (χ0n) is 11.4. The molecule has 1 saturated heterocycles. The van der Waals surface area contributed by atoms with Gasteiger partial charge in [-0.15, -0.1) is 0 Å². The maximum absolute atomic E-state index is 11.6. The Balaban J connectivity index is 1.88. The zero-order chi connectivity index (χ0) is 12.5. The van der Waals surface area contributed by atoms with Crippen LogP contribution < -0.4 is 10.6 Å². The summed E-state index contributed by atoms with van der Waals surface area (Å²) in [6, 6.07) is 0.0796. The monoisotopic (exact) mass is 240 g/mol. The van der Waals surface area contributed by atoms with Gasteiger partial charge in [-0.25, -0.2) is 0 Å². The van der Waals surface area contributed by atoms with E-state index in [0.717, 1.165) is 38.3 Å². The second kappa shape index (κ2) is 8.51. The second-order valence-electron chi connectivity index (χ2n) is 5.54. The summed E-state index contributed by atoms with van der Waals surface area (Å²) in [5.41, 5.74) is 0. The minimum absolute atomic E-state index is 0.0796. The Bertz CT molecular complexity index is 210. The first kappa shape index (κ1) is 14.5. The number of nitrogens with one attached hydrogen (secondary N) is 2. The fraction of sp³-hybridized carbons (Fsp3) is 0.929. The van der Waals surface area contributed by atoms with Crippen molar-refractivity contribution in [2.75, 3.05) is 13.1 Å². The number of rotatable bonds is 8. The molecule has 1 atom stereocenters. The topological polar surface area (TPSA) is 41.1 Å². The van der Waals surface area contributed by atoms with Crippen molar-refractivity contribution < 1.29 is 4.79 Å². The number of hydrogen-bond donors (Lipinski definition) is 2. The van der Waals surface area contributed by atoms with Crippen LogP contribution in [0.4, 0.5) is 0 Å². The Morgan fingerprint density at radius 1 is 1.29 bits per heavy atom. The van der Waals surface area contributed by atoms with E-state index in [1.807, 2.05) is 0 Å². The van der Waals surface area contributed by atoms with Crippen LogP contribution in [0.15, 0.2) is 0 Å². The van der Waals surface area contributed by atoms with Crippen LogP contribution in [-0.2, 0) is 4.79 Å². The van der Waals surface area contributed by atoms with Gasteiger partial charge in [-0.1, -0.05) is 39.5 Å². The Morgan fingerprint density at radius 2 is 2.06 bits per heavy atom. The van der Waals surface area contributed by atoms with Gasteiger partial charge in [0, 0.05) is 6.54 Å². The minimum Gasteiger partial charge on any atom is -0.355 e. The lowest BCUT2D eigenvalue weighted by atomic mass is 10.0. The van der Waals surface area contributed by atoms with Crippen molar-refractivity contribution in [2.24, 2.45) is 5.92 Å². The lowest BCUT2D eigenvalue weighted by Gasteiger charge is -2.10. The molecule has 0 aromatic heterocycles. The van der Waals surface area contributed by atoms with Crippen LogP contribution in [-0.4, -0.2) is 25.0 Å². The molecule has 0 aromatic carbocycles. The summed E-state index contributed by atoms with van der Waals surface area (Å²) in [5, 5.41) is 6.24. The van der Waals surface area contributed by atoms with Gasteiger partial charge in [0.25, 0.3) is 0 Å². The molecule has 1 aliphatic heterocycles. The minimum atomic E-state index is 0.0796. The molecule has 3 nitrogen and oxygen atoms in total. The highest BCUT2D eigenvalue weighted by molar-refractivity contribution is 5.81. The van der Waals surface area contributed by atoms with E-state index in [1.165, 1.54) is 25.7 Å². The van der Waals surface area contributed by atoms with Crippen LogP contribution in [0.25, 0.3) is 0 Å². The summed E-state index contributed by atoms with van der Waals surface area (Å²) >= 11 is 0. The molecule has 1 rings (SSSR count). The molecule has 100 valence electrons. The SMILES string of the molecule is CC(C)CCCCCCNC(=O)[C@@H]1CCCN1. The van der Waals surface area contributed by atoms with E-state index in [4.69, 9.17) is 0 Å². The molecule has 1 fully saturated rings. The van der Waals surface area contributed by atoms with E-state index in [9.17, 15) is 4.79 Å². The average Bonchev–Trinajstić information content (AvgIpc) is 2.80. The van der Waals surface area contributed by atoms with Crippen LogP contribution in [0.1, 0.15) is 58.8 Å². The molecular weight excluding hydrogens is 212 g/mol. The average molecular weight is 240 g/mol. The summed E-state index contributed by atoms with van der Waals surface area (Å²) in [7, 11) is 0. The van der Waals surface area contributed by atoms with Gasteiger partial charge in [-0.2, -0.15) is 0 Å². The predicted molar refractivity (Wildman–Crippen MR) is 72.0 cm³/mol. The molecule has 0 radical (unpaired) electrons. The van der Waals surface area contributed by atoms with Crippen LogP contribution in [0.2, 0.25) is 0 Å². The summed E-state index contributed by atoms with van der Waals surface area (Å²) < 4.78 is 0. The van der Waals surface area contributed by atoms with Gasteiger partial charge < -0.3 is 10.6 Å². The largest absolute Gasteiger partial charge is 0.355 e. The molecule has 1 heterocycles. The number of carbonyl (C=O) groups is 1. The van der Waals surface area contributed by atoms with Crippen molar-refractivity contribution in [3.63, 3.8) is 0 Å². The van der Waals surface area contributed by atoms with Crippen LogP contribution in [0.3, 0.4) is 0 Å². The van der Waals surface area contributed by atoms with Crippen LogP contribution in [0.5, 0.6) is 0 Å². The molecule has 0 bridgehead atoms. The number of carbonyl (C=O) groups excluding carboxylic acids is 1. The van der Waals surface area contributed by atoms with Crippen molar-refractivity contribution >= 4 is 5.91 Å². The maximum Gasteiger partial charge on any atom is 0.237 e. The summed E-state index contributed by atoms with van der Waals surface area (Å²) in [6.45, 7) is 6.38. The first-order valence-electron chi connectivity index (χ1n) is 7.21. The Morgan fingerprint density at radius 3 is 2.71 bits per heavy atom. The van der Waals surface area contributed by atoms with E-state index >= 15 is 0 Å². The lowest BCUT2D eigenvalue weighted by Crippen LogP contribution is -2.40. The van der Waals surface area contributed by atoms with Gasteiger partial charge in [-0.05, 0) is 31.7 Å². The van der Waals surface area contributed by atoms with Gasteiger partial charge in [0.2, 0.25) is 5.91 Å². The molecule has 0 saturated carbocycles. The molecule has 0 aromatic rings. The number of unbranched alkanes of at least 4 members (excludes halogenated alkanes) is 3. The van der Waals surface area contributed by atoms with Crippen LogP contribution >= 0.6 is 0 Å². The van der Waals surface area contributed by atoms with Gasteiger partial charge in [-0.3, -0.25) is 4.79 Å². The first-order valence-corrected chi connectivity index (χ1v) is 7.21. The van der Waals surface area contributed by atoms with E-state index < -0.39 is 0 Å². The zero-order valence-corrected chi connectivity index (χ0v) is 11.4. The molecule has 1 aliphatic rings. The smallest absolute Gasteiger partial charge is 0.237 e. The summed E-state index contributed by atoms with van der Waals surface area (Å²) in [5.74, 6) is 1.02. The van der Waals surface area contributed by atoms with Crippen molar-refractivity contribution in [1.29, 1.82) is 0 Å². The highest BCUT2D eigenvalue weighted by Crippen LogP contribution is 2.09. The fourth-order valence-corrected chi connectivity index (χ4v) is 2.27. The van der Waals surface area contributed by atoms with Crippen molar-refractivity contribution in [2.45, 2.75) is 64.8 Å². The highest BCUT2D eigenvalue weighted by atomic mass is 16.2. The van der Waals surface area contributed by atoms with Gasteiger partial charge in [0.05, 0.1) is 6.04 Å². The summed E-state index contributed by atoms with van der Waals surface area (Å²) in [6.07, 6.45) is 8.46. The van der Waals surface area contributed by atoms with Gasteiger partial charge in [0.15, 0.2) is 0 Å². The number of amides is 1. The molecule has 3 heteroatoms. The highest BCUT2D eigenvalue weighted by Gasteiger charge is 2.20. The van der Waals surface area contributed by atoms with Gasteiger partial charge in [0.1, 0.15) is 0 Å². The number of hydrogen-bond acceptors (Lipinski definition) is 2. The maximum atomic E-state index is 11.6. The Labute approximate surface area is 106 Å². The predicted octanol–water partition coefficient (Wildman–Crippen LogP) is 2.46. The lowest BCUT2D eigenvalue weighted by molar-refractivity contribution is -0.122. The third-order valence-electron chi connectivity index (χ3n) is 3.38. The van der Waals surface area contributed by atoms with E-state index in [0.29, 0.717) is 0 Å². The van der Waals surface area contributed by atoms with Gasteiger partial charge >= 0.3 is 0 Å². The van der Waals surface area contributed by atoms with E-state index in [2.05, 4.69) is 24.5 Å². The quantitative estimate of drug-likeness (QED) is 0.640. The standard InChI is InChI=1S/C14H28N2O/c1-12(2)8-5-3-4-6-10-16-14(17)13-9-7-11-15-13/h12-13,15H,3-11H2,1-2H3,(H,16,17)/t13-/m0/s1. The molecule has 17 heavy (non-hydrogen) atoms. The second-order valence-corrected chi connectivity index (χ2v) is 5.54. The fourth-order valence-electron chi connectivity index (χ4n) is 2.27. The first-order chi connectivity index (χ1) is 8.20. The van der Waals surface area contributed by atoms with Crippen molar-refractivity contribution in [3.8, 4) is 0 Å². The molecular formula is C14H28N2O. The summed E-state index contributed by atoms with van der Waals surface area (Å²) in [4.78, 5) is 11.6. The third kappa shape index (κ3) is 6.67. The van der Waals surface area contributed by atoms with Crippen LogP contribution in [0, 0.1) is 5.92 Å². The van der Waals surface area contributed by atoms with E-state index in [1.54, 1.807) is 0 Å². The normalized spacial score (nSPS) is 19.8.